The highest BCUT2D eigenvalue weighted by Crippen LogP contribution is 2.09. The molecule has 94 valence electrons. The Bertz CT molecular complexity index is 258. The van der Waals surface area contributed by atoms with E-state index in [1.54, 1.807) is 0 Å². The summed E-state index contributed by atoms with van der Waals surface area (Å²) >= 11 is 0. The van der Waals surface area contributed by atoms with Crippen molar-refractivity contribution in [3.05, 3.63) is 0 Å². The molecule has 0 aliphatic rings. The molecule has 3 amide bonds. The summed E-state index contributed by atoms with van der Waals surface area (Å²) < 4.78 is 0. The highest BCUT2D eigenvalue weighted by Gasteiger charge is 2.27. The molecule has 4 N–H and O–H groups in total. The molecule has 0 spiro atoms. The maximum Gasteiger partial charge on any atom is 0.312 e. The van der Waals surface area contributed by atoms with E-state index in [9.17, 15) is 9.59 Å². The van der Waals surface area contributed by atoms with Crippen LogP contribution in [0.1, 0.15) is 41.0 Å². The lowest BCUT2D eigenvalue weighted by molar-refractivity contribution is -0.125. The molecule has 2 atom stereocenters. The van der Waals surface area contributed by atoms with Gasteiger partial charge in [0.2, 0.25) is 5.91 Å². The molecular formula is C11H23N3O2. The average molecular weight is 229 g/mol. The molecule has 0 aliphatic heterocycles. The van der Waals surface area contributed by atoms with Crippen LogP contribution in [0.5, 0.6) is 0 Å². The molecule has 0 aromatic carbocycles. The first-order valence-corrected chi connectivity index (χ1v) is 5.55. The molecule has 0 heterocycles. The SMILES string of the molecule is CCC(C)C(NC(N)=O)C(=O)NC(C)(C)C. The third-order valence-electron chi connectivity index (χ3n) is 2.29. The molecule has 0 aromatic rings. The van der Waals surface area contributed by atoms with E-state index in [-0.39, 0.29) is 17.4 Å². The number of nitrogens with one attached hydrogen (secondary N) is 2. The highest BCUT2D eigenvalue weighted by atomic mass is 16.2. The Morgan fingerprint density at radius 2 is 1.81 bits per heavy atom. The van der Waals surface area contributed by atoms with Gasteiger partial charge in [0, 0.05) is 5.54 Å². The summed E-state index contributed by atoms with van der Waals surface area (Å²) in [6, 6.07) is -1.24. The number of carbonyl (C=O) groups excluding carboxylic acids is 2. The van der Waals surface area contributed by atoms with Gasteiger partial charge in [-0.25, -0.2) is 4.79 Å². The van der Waals surface area contributed by atoms with Crippen LogP contribution in [0.25, 0.3) is 0 Å². The fourth-order valence-corrected chi connectivity index (χ4v) is 1.30. The molecule has 0 radical (unpaired) electrons. The van der Waals surface area contributed by atoms with Crippen LogP contribution in [0.2, 0.25) is 0 Å². The first kappa shape index (κ1) is 14.7. The number of nitrogens with two attached hydrogens (primary N) is 1. The van der Waals surface area contributed by atoms with Gasteiger partial charge in [0.15, 0.2) is 0 Å². The van der Waals surface area contributed by atoms with Crippen LogP contribution in [0.3, 0.4) is 0 Å². The third kappa shape index (κ3) is 5.58. The number of carbonyl (C=O) groups is 2. The number of hydrogen-bond acceptors (Lipinski definition) is 2. The quantitative estimate of drug-likeness (QED) is 0.671. The van der Waals surface area contributed by atoms with E-state index in [1.165, 1.54) is 0 Å². The lowest BCUT2D eigenvalue weighted by Crippen LogP contribution is -2.55. The minimum absolute atomic E-state index is 0.0508. The van der Waals surface area contributed by atoms with Crippen molar-refractivity contribution in [1.82, 2.24) is 10.6 Å². The van der Waals surface area contributed by atoms with Gasteiger partial charge in [-0.15, -0.1) is 0 Å². The van der Waals surface area contributed by atoms with Crippen molar-refractivity contribution in [2.45, 2.75) is 52.6 Å². The maximum atomic E-state index is 11.9. The van der Waals surface area contributed by atoms with Crippen molar-refractivity contribution in [3.8, 4) is 0 Å². The van der Waals surface area contributed by atoms with Gasteiger partial charge in [-0.05, 0) is 26.7 Å². The van der Waals surface area contributed by atoms with Crippen molar-refractivity contribution < 1.29 is 9.59 Å². The van der Waals surface area contributed by atoms with Crippen molar-refractivity contribution in [2.24, 2.45) is 11.7 Å². The minimum Gasteiger partial charge on any atom is -0.352 e. The number of urea groups is 1. The zero-order chi connectivity index (χ0) is 12.9. The summed E-state index contributed by atoms with van der Waals surface area (Å²) in [5, 5.41) is 5.31. The van der Waals surface area contributed by atoms with Crippen molar-refractivity contribution in [3.63, 3.8) is 0 Å². The average Bonchev–Trinajstić information content (AvgIpc) is 2.09. The van der Waals surface area contributed by atoms with E-state index in [2.05, 4.69) is 10.6 Å². The normalized spacial score (nSPS) is 15.1. The van der Waals surface area contributed by atoms with Gasteiger partial charge in [0.25, 0.3) is 0 Å². The fraction of sp³-hybridized carbons (Fsp3) is 0.818. The Balaban J connectivity index is 4.63. The zero-order valence-corrected chi connectivity index (χ0v) is 10.8. The Labute approximate surface area is 97.2 Å². The van der Waals surface area contributed by atoms with Gasteiger partial charge in [-0.2, -0.15) is 0 Å². The monoisotopic (exact) mass is 229 g/mol. The second-order valence-electron chi connectivity index (χ2n) is 5.11. The van der Waals surface area contributed by atoms with E-state index >= 15 is 0 Å². The molecule has 5 heteroatoms. The highest BCUT2D eigenvalue weighted by molar-refractivity contribution is 5.87. The van der Waals surface area contributed by atoms with Crippen LogP contribution in [0.15, 0.2) is 0 Å². The van der Waals surface area contributed by atoms with Crippen LogP contribution in [-0.2, 0) is 4.79 Å². The summed E-state index contributed by atoms with van der Waals surface area (Å²) in [6.07, 6.45) is 0.794. The topological polar surface area (TPSA) is 84.2 Å². The molecule has 16 heavy (non-hydrogen) atoms. The lowest BCUT2D eigenvalue weighted by Gasteiger charge is -2.27. The summed E-state index contributed by atoms with van der Waals surface area (Å²) in [5.74, 6) is -0.143. The standard InChI is InChI=1S/C11H23N3O2/c1-6-7(2)8(13-10(12)16)9(15)14-11(3,4)5/h7-8H,6H2,1-5H3,(H,14,15)(H3,12,13,16). The largest absolute Gasteiger partial charge is 0.352 e. The van der Waals surface area contributed by atoms with Crippen molar-refractivity contribution >= 4 is 11.9 Å². The number of amides is 3. The van der Waals surface area contributed by atoms with Gasteiger partial charge >= 0.3 is 6.03 Å². The minimum atomic E-state index is -0.672. The summed E-state index contributed by atoms with van der Waals surface area (Å²) in [4.78, 5) is 22.7. The Kier molecular flexibility index (Phi) is 5.27. The predicted octanol–water partition coefficient (Wildman–Crippen LogP) is 0.984. The summed E-state index contributed by atoms with van der Waals surface area (Å²) in [7, 11) is 0. The number of primary amides is 1. The first-order chi connectivity index (χ1) is 7.17. The number of rotatable bonds is 4. The van der Waals surface area contributed by atoms with Gasteiger partial charge in [0.05, 0.1) is 0 Å². The predicted molar refractivity (Wildman–Crippen MR) is 63.9 cm³/mol. The van der Waals surface area contributed by atoms with Gasteiger partial charge in [-0.1, -0.05) is 20.3 Å². The Morgan fingerprint density at radius 1 is 1.31 bits per heavy atom. The Morgan fingerprint density at radius 3 is 2.12 bits per heavy atom. The molecule has 0 saturated carbocycles. The summed E-state index contributed by atoms with van der Waals surface area (Å²) in [5.41, 5.74) is 4.74. The molecule has 0 saturated heterocycles. The fourth-order valence-electron chi connectivity index (χ4n) is 1.30. The van der Waals surface area contributed by atoms with Crippen molar-refractivity contribution in [1.29, 1.82) is 0 Å². The van der Waals surface area contributed by atoms with Gasteiger partial charge in [0.1, 0.15) is 6.04 Å². The Hall–Kier alpha value is -1.26. The maximum absolute atomic E-state index is 11.9. The third-order valence-corrected chi connectivity index (χ3v) is 2.29. The van der Waals surface area contributed by atoms with E-state index in [1.807, 2.05) is 34.6 Å². The molecule has 5 nitrogen and oxygen atoms in total. The molecule has 0 rings (SSSR count). The molecule has 2 unspecified atom stereocenters. The first-order valence-electron chi connectivity index (χ1n) is 5.55. The molecule has 0 fully saturated rings. The molecule has 0 bridgehead atoms. The van der Waals surface area contributed by atoms with E-state index in [0.717, 1.165) is 6.42 Å². The van der Waals surface area contributed by atoms with E-state index in [0.29, 0.717) is 0 Å². The zero-order valence-electron chi connectivity index (χ0n) is 10.8. The number of hydrogen-bond donors (Lipinski definition) is 3. The van der Waals surface area contributed by atoms with Crippen LogP contribution < -0.4 is 16.4 Å². The van der Waals surface area contributed by atoms with Crippen molar-refractivity contribution in [2.75, 3.05) is 0 Å². The van der Waals surface area contributed by atoms with E-state index < -0.39 is 12.1 Å². The molecule has 0 aliphatic carbocycles. The van der Waals surface area contributed by atoms with Crippen LogP contribution in [0, 0.1) is 5.92 Å². The van der Waals surface area contributed by atoms with Crippen LogP contribution in [0.4, 0.5) is 4.79 Å². The van der Waals surface area contributed by atoms with Gasteiger partial charge < -0.3 is 16.4 Å². The lowest BCUT2D eigenvalue weighted by atomic mass is 9.97. The second-order valence-corrected chi connectivity index (χ2v) is 5.11. The van der Waals surface area contributed by atoms with E-state index in [4.69, 9.17) is 5.73 Å². The van der Waals surface area contributed by atoms with Crippen LogP contribution in [-0.4, -0.2) is 23.5 Å². The van der Waals surface area contributed by atoms with Gasteiger partial charge in [-0.3, -0.25) is 4.79 Å². The summed E-state index contributed by atoms with van der Waals surface area (Å²) in [6.45, 7) is 9.54. The molecular weight excluding hydrogens is 206 g/mol. The second kappa shape index (κ2) is 5.72. The van der Waals surface area contributed by atoms with Crippen LogP contribution >= 0.6 is 0 Å². The smallest absolute Gasteiger partial charge is 0.312 e. The molecule has 0 aromatic heterocycles.